The molecule has 0 aromatic heterocycles. The third kappa shape index (κ3) is 8.06. The quantitative estimate of drug-likeness (QED) is 0.254. The highest BCUT2D eigenvalue weighted by atomic mass is 16.4. The Kier molecular flexibility index (Phi) is 10.6. The summed E-state index contributed by atoms with van der Waals surface area (Å²) in [5.41, 5.74) is 0. The molecule has 4 unspecified atom stereocenters. The molecule has 0 radical (unpaired) electrons. The average Bonchev–Trinajstić information content (AvgIpc) is 2.35. The summed E-state index contributed by atoms with van der Waals surface area (Å²) in [5, 5.41) is 58.8. The van der Waals surface area contributed by atoms with E-state index in [1.165, 1.54) is 6.92 Å². The highest BCUT2D eigenvalue weighted by Gasteiger charge is 2.28. The molecule has 0 aliphatic heterocycles. The van der Waals surface area contributed by atoms with Crippen molar-refractivity contribution in [3.8, 4) is 0 Å². The lowest BCUT2D eigenvalue weighted by atomic mass is 10.1. The Morgan fingerprint density at radius 1 is 1.06 bits per heavy atom. The summed E-state index contributed by atoms with van der Waals surface area (Å²) in [7, 11) is 0. The van der Waals surface area contributed by atoms with E-state index in [1.54, 1.807) is 0 Å². The van der Waals surface area contributed by atoms with Crippen LogP contribution in [0.1, 0.15) is 6.92 Å². The number of Topliss-reactive ketones (excluding diaryl/α,β-unsaturated/α-hetero) is 1. The minimum absolute atomic E-state index is 0.767. The van der Waals surface area contributed by atoms with E-state index in [-0.39, 0.29) is 0 Å². The molecule has 0 aromatic carbocycles. The van der Waals surface area contributed by atoms with E-state index in [2.05, 4.69) is 0 Å². The van der Waals surface area contributed by atoms with Gasteiger partial charge in [-0.05, 0) is 6.92 Å². The van der Waals surface area contributed by atoms with Gasteiger partial charge >= 0.3 is 5.97 Å². The Balaban J connectivity index is 0. The number of ketones is 1. The molecular formula is C9H18O9. The third-order valence-electron chi connectivity index (χ3n) is 1.75. The highest BCUT2D eigenvalue weighted by Crippen LogP contribution is 2.00. The summed E-state index contributed by atoms with van der Waals surface area (Å²) in [6.45, 7) is -0.490. The van der Waals surface area contributed by atoms with Crippen LogP contribution in [-0.4, -0.2) is 85.1 Å². The van der Waals surface area contributed by atoms with Crippen molar-refractivity contribution < 1.29 is 45.3 Å². The molecule has 0 aromatic rings. The number of aliphatic hydroxyl groups excluding tert-OH is 6. The molecule has 9 nitrogen and oxygen atoms in total. The molecule has 0 heterocycles. The Morgan fingerprint density at radius 3 is 1.67 bits per heavy atom. The van der Waals surface area contributed by atoms with E-state index in [4.69, 9.17) is 35.7 Å². The van der Waals surface area contributed by atoms with Crippen molar-refractivity contribution in [3.05, 3.63) is 0 Å². The standard InChI is InChI=1S/C6H12O6.C3H6O3/c7-1-3(9)5(11)6(12)4(10)2-8;1-2(4)3(5)6/h3,5-9,11-12H,1-2H2;2,4H,1H3,(H,5,6). The number of rotatable bonds is 6. The molecule has 9 heteroatoms. The van der Waals surface area contributed by atoms with Gasteiger partial charge in [-0.2, -0.15) is 0 Å². The lowest BCUT2D eigenvalue weighted by Crippen LogP contribution is -2.44. The zero-order chi connectivity index (χ0) is 14.9. The van der Waals surface area contributed by atoms with Gasteiger partial charge in [0.25, 0.3) is 0 Å². The molecule has 0 amide bonds. The van der Waals surface area contributed by atoms with Gasteiger partial charge in [-0.1, -0.05) is 0 Å². The fourth-order valence-corrected chi connectivity index (χ4v) is 0.602. The first kappa shape index (κ1) is 19.2. The third-order valence-corrected chi connectivity index (χ3v) is 1.75. The minimum Gasteiger partial charge on any atom is -0.479 e. The van der Waals surface area contributed by atoms with E-state index < -0.39 is 49.4 Å². The van der Waals surface area contributed by atoms with Crippen molar-refractivity contribution in [1.82, 2.24) is 0 Å². The largest absolute Gasteiger partial charge is 0.479 e. The van der Waals surface area contributed by atoms with Crippen LogP contribution in [0.25, 0.3) is 0 Å². The number of aliphatic hydroxyl groups is 6. The fourth-order valence-electron chi connectivity index (χ4n) is 0.602. The number of hydrogen-bond acceptors (Lipinski definition) is 8. The van der Waals surface area contributed by atoms with Crippen molar-refractivity contribution in [2.24, 2.45) is 0 Å². The number of carbonyl (C=O) groups is 2. The first-order chi connectivity index (χ1) is 8.18. The van der Waals surface area contributed by atoms with Crippen LogP contribution in [-0.2, 0) is 9.59 Å². The molecule has 18 heavy (non-hydrogen) atoms. The minimum atomic E-state index is -1.86. The van der Waals surface area contributed by atoms with E-state index in [1.807, 2.05) is 0 Å². The van der Waals surface area contributed by atoms with Crippen LogP contribution in [0.15, 0.2) is 0 Å². The van der Waals surface area contributed by atoms with E-state index in [0.29, 0.717) is 0 Å². The molecule has 4 atom stereocenters. The Morgan fingerprint density at radius 2 is 1.44 bits per heavy atom. The van der Waals surface area contributed by atoms with Gasteiger partial charge in [-0.15, -0.1) is 0 Å². The van der Waals surface area contributed by atoms with Gasteiger partial charge in [-0.25, -0.2) is 4.79 Å². The van der Waals surface area contributed by atoms with Gasteiger partial charge in [0.1, 0.15) is 31.0 Å². The normalized spacial score (nSPS) is 16.8. The Labute approximate surface area is 103 Å². The average molecular weight is 270 g/mol. The number of carboxylic acids is 1. The molecule has 0 bridgehead atoms. The van der Waals surface area contributed by atoms with Gasteiger partial charge in [0.15, 0.2) is 5.78 Å². The highest BCUT2D eigenvalue weighted by molar-refractivity contribution is 5.84. The van der Waals surface area contributed by atoms with E-state index in [9.17, 15) is 9.59 Å². The maximum atomic E-state index is 10.5. The van der Waals surface area contributed by atoms with Crippen LogP contribution < -0.4 is 0 Å². The molecule has 0 aliphatic carbocycles. The van der Waals surface area contributed by atoms with Gasteiger partial charge < -0.3 is 35.7 Å². The van der Waals surface area contributed by atoms with E-state index >= 15 is 0 Å². The molecule has 7 N–H and O–H groups in total. The van der Waals surface area contributed by atoms with Gasteiger partial charge in [-0.3, -0.25) is 4.79 Å². The van der Waals surface area contributed by atoms with Crippen molar-refractivity contribution in [3.63, 3.8) is 0 Å². The molecular weight excluding hydrogens is 252 g/mol. The smallest absolute Gasteiger partial charge is 0.332 e. The number of carbonyl (C=O) groups excluding carboxylic acids is 1. The fraction of sp³-hybridized carbons (Fsp3) is 0.778. The second kappa shape index (κ2) is 9.88. The van der Waals surface area contributed by atoms with Gasteiger partial charge in [0.05, 0.1) is 6.61 Å². The van der Waals surface area contributed by atoms with Crippen molar-refractivity contribution in [1.29, 1.82) is 0 Å². The lowest BCUT2D eigenvalue weighted by molar-refractivity contribution is -0.145. The molecule has 0 saturated heterocycles. The van der Waals surface area contributed by atoms with Crippen LogP contribution in [0.5, 0.6) is 0 Å². The molecule has 0 rings (SSSR count). The summed E-state index contributed by atoms with van der Waals surface area (Å²) in [4.78, 5) is 20.0. The van der Waals surface area contributed by atoms with E-state index in [0.717, 1.165) is 0 Å². The summed E-state index contributed by atoms with van der Waals surface area (Å²) in [6, 6.07) is 0. The molecule has 0 fully saturated rings. The van der Waals surface area contributed by atoms with Crippen molar-refractivity contribution in [2.45, 2.75) is 31.3 Å². The summed E-state index contributed by atoms with van der Waals surface area (Å²) < 4.78 is 0. The molecule has 0 saturated carbocycles. The van der Waals surface area contributed by atoms with Crippen LogP contribution in [0, 0.1) is 0 Å². The summed E-state index contributed by atoms with van der Waals surface area (Å²) in [5.74, 6) is -2.19. The zero-order valence-electron chi connectivity index (χ0n) is 9.67. The maximum absolute atomic E-state index is 10.5. The van der Waals surface area contributed by atoms with Crippen LogP contribution in [0.3, 0.4) is 0 Å². The Hall–Kier alpha value is -1.10. The van der Waals surface area contributed by atoms with Crippen LogP contribution in [0.4, 0.5) is 0 Å². The van der Waals surface area contributed by atoms with Gasteiger partial charge in [0, 0.05) is 0 Å². The summed E-state index contributed by atoms with van der Waals surface area (Å²) >= 11 is 0. The van der Waals surface area contributed by atoms with Crippen molar-refractivity contribution >= 4 is 11.8 Å². The predicted molar refractivity (Wildman–Crippen MR) is 56.5 cm³/mol. The SMILES string of the molecule is CC(O)C(=O)O.O=C(CO)C(O)C(O)C(O)CO. The number of aliphatic carboxylic acids is 1. The van der Waals surface area contributed by atoms with Crippen LogP contribution >= 0.6 is 0 Å². The topological polar surface area (TPSA) is 176 Å². The zero-order valence-corrected chi connectivity index (χ0v) is 9.67. The second-order valence-corrected chi connectivity index (χ2v) is 3.32. The van der Waals surface area contributed by atoms with Crippen molar-refractivity contribution in [2.75, 3.05) is 13.2 Å². The second-order valence-electron chi connectivity index (χ2n) is 3.32. The maximum Gasteiger partial charge on any atom is 0.332 e. The lowest BCUT2D eigenvalue weighted by Gasteiger charge is -2.19. The summed E-state index contributed by atoms with van der Waals surface area (Å²) in [6.07, 6.45) is -6.45. The number of hydrogen-bond donors (Lipinski definition) is 7. The predicted octanol–water partition coefficient (Wildman–Crippen LogP) is -3.93. The monoisotopic (exact) mass is 270 g/mol. The molecule has 108 valence electrons. The number of carboxylic acid groups (broad SMARTS) is 1. The van der Waals surface area contributed by atoms with Gasteiger partial charge in [0.2, 0.25) is 0 Å². The van der Waals surface area contributed by atoms with Crippen LogP contribution in [0.2, 0.25) is 0 Å². The first-order valence-corrected chi connectivity index (χ1v) is 4.88. The Bertz CT molecular complexity index is 252. The molecule has 0 spiro atoms. The first-order valence-electron chi connectivity index (χ1n) is 4.88. The molecule has 0 aliphatic rings.